The third kappa shape index (κ3) is 3.02. The number of rotatable bonds is 5. The van der Waals surface area contributed by atoms with E-state index in [1.807, 2.05) is 20.8 Å². The maximum absolute atomic E-state index is 12.7. The van der Waals surface area contributed by atoms with Gasteiger partial charge in [-0.05, 0) is 32.4 Å². The largest absolute Gasteiger partial charge is 0.465 e. The molecule has 6 heteroatoms. The lowest BCUT2D eigenvalue weighted by molar-refractivity contribution is 0.0596. The Balaban J connectivity index is 3.41. The van der Waals surface area contributed by atoms with Crippen LogP contribution in [0.2, 0.25) is 0 Å². The smallest absolute Gasteiger partial charge is 0.339 e. The van der Waals surface area contributed by atoms with Gasteiger partial charge in [-0.2, -0.15) is 4.31 Å². The molecule has 0 amide bonds. The van der Waals surface area contributed by atoms with E-state index in [-0.39, 0.29) is 10.5 Å². The van der Waals surface area contributed by atoms with Crippen molar-refractivity contribution in [1.82, 2.24) is 4.31 Å². The number of nitrogens with zero attached hydrogens (tertiary/aromatic N) is 1. The second-order valence-corrected chi connectivity index (χ2v) is 7.06. The number of methoxy groups -OCH3 is 1. The van der Waals surface area contributed by atoms with Gasteiger partial charge in [-0.3, -0.25) is 0 Å². The molecule has 112 valence electrons. The first kappa shape index (κ1) is 16.7. The first-order chi connectivity index (χ1) is 9.18. The van der Waals surface area contributed by atoms with E-state index in [0.717, 1.165) is 0 Å². The molecular formula is C14H21NO4S. The summed E-state index contributed by atoms with van der Waals surface area (Å²) in [6.45, 7) is 5.59. The van der Waals surface area contributed by atoms with Crippen molar-refractivity contribution in [3.05, 3.63) is 29.8 Å². The van der Waals surface area contributed by atoms with Gasteiger partial charge < -0.3 is 4.74 Å². The van der Waals surface area contributed by atoms with Gasteiger partial charge >= 0.3 is 5.97 Å². The molecule has 0 saturated carbocycles. The molecule has 0 unspecified atom stereocenters. The fourth-order valence-corrected chi connectivity index (χ4v) is 3.42. The van der Waals surface area contributed by atoms with Crippen molar-refractivity contribution >= 4 is 16.0 Å². The summed E-state index contributed by atoms with van der Waals surface area (Å²) in [6.07, 6.45) is 0.656. The maximum atomic E-state index is 12.7. The minimum atomic E-state index is -3.76. The maximum Gasteiger partial charge on any atom is 0.339 e. The van der Waals surface area contributed by atoms with E-state index in [0.29, 0.717) is 6.42 Å². The Hall–Kier alpha value is -1.40. The molecule has 0 aromatic heterocycles. The number of benzene rings is 1. The molecule has 0 heterocycles. The van der Waals surface area contributed by atoms with Crippen molar-refractivity contribution in [3.8, 4) is 0 Å². The molecule has 1 rings (SSSR count). The fraction of sp³-hybridized carbons (Fsp3) is 0.500. The van der Waals surface area contributed by atoms with Gasteiger partial charge in [-0.25, -0.2) is 13.2 Å². The van der Waals surface area contributed by atoms with E-state index in [9.17, 15) is 13.2 Å². The van der Waals surface area contributed by atoms with Gasteiger partial charge in [0.2, 0.25) is 10.0 Å². The highest BCUT2D eigenvalue weighted by Crippen LogP contribution is 2.27. The monoisotopic (exact) mass is 299 g/mol. The van der Waals surface area contributed by atoms with E-state index < -0.39 is 21.5 Å². The van der Waals surface area contributed by atoms with Crippen molar-refractivity contribution in [2.45, 2.75) is 37.6 Å². The van der Waals surface area contributed by atoms with Crippen LogP contribution in [0.3, 0.4) is 0 Å². The predicted octanol–water partition coefficient (Wildman–Crippen LogP) is 2.28. The molecule has 5 nitrogen and oxygen atoms in total. The van der Waals surface area contributed by atoms with Crippen molar-refractivity contribution in [2.75, 3.05) is 14.2 Å². The second kappa shape index (κ2) is 5.93. The normalized spacial score (nSPS) is 12.5. The molecule has 0 aliphatic heterocycles. The predicted molar refractivity (Wildman–Crippen MR) is 77.1 cm³/mol. The van der Waals surface area contributed by atoms with E-state index >= 15 is 0 Å². The molecule has 1 aromatic carbocycles. The Morgan fingerprint density at radius 1 is 1.30 bits per heavy atom. The van der Waals surface area contributed by atoms with Crippen LogP contribution in [0.5, 0.6) is 0 Å². The lowest BCUT2D eigenvalue weighted by atomic mass is 10.0. The Morgan fingerprint density at radius 2 is 1.85 bits per heavy atom. The zero-order valence-electron chi connectivity index (χ0n) is 12.5. The molecule has 0 saturated heterocycles. The van der Waals surface area contributed by atoms with Crippen LogP contribution < -0.4 is 0 Å². The average Bonchev–Trinajstić information content (AvgIpc) is 2.45. The van der Waals surface area contributed by atoms with Crippen LogP contribution in [0.25, 0.3) is 0 Å². The molecule has 0 aliphatic rings. The van der Waals surface area contributed by atoms with Gasteiger partial charge in [0.05, 0.1) is 17.6 Å². The molecule has 0 radical (unpaired) electrons. The molecule has 0 atom stereocenters. The number of carbonyl (C=O) groups is 1. The fourth-order valence-electron chi connectivity index (χ4n) is 1.67. The number of sulfonamides is 1. The first-order valence-corrected chi connectivity index (χ1v) is 7.79. The SMILES string of the molecule is CCC(C)(C)N(C)S(=O)(=O)c1ccccc1C(=O)OC. The summed E-state index contributed by atoms with van der Waals surface area (Å²) in [5, 5.41) is 0. The molecule has 20 heavy (non-hydrogen) atoms. The minimum absolute atomic E-state index is 0.0316. The zero-order chi connectivity index (χ0) is 15.6. The van der Waals surface area contributed by atoms with Crippen LogP contribution in [0.1, 0.15) is 37.6 Å². The van der Waals surface area contributed by atoms with E-state index in [1.165, 1.54) is 30.6 Å². The van der Waals surface area contributed by atoms with Crippen molar-refractivity contribution in [2.24, 2.45) is 0 Å². The highest BCUT2D eigenvalue weighted by molar-refractivity contribution is 7.89. The van der Waals surface area contributed by atoms with Gasteiger partial charge in [0.1, 0.15) is 0 Å². The molecule has 0 bridgehead atoms. The Morgan fingerprint density at radius 3 is 2.35 bits per heavy atom. The molecule has 1 aromatic rings. The van der Waals surface area contributed by atoms with Crippen LogP contribution >= 0.6 is 0 Å². The van der Waals surface area contributed by atoms with Crippen LogP contribution in [-0.2, 0) is 14.8 Å². The zero-order valence-corrected chi connectivity index (χ0v) is 13.3. The minimum Gasteiger partial charge on any atom is -0.465 e. The Kier molecular flexibility index (Phi) is 4.94. The highest BCUT2D eigenvalue weighted by atomic mass is 32.2. The number of ether oxygens (including phenoxy) is 1. The molecule has 0 N–H and O–H groups in total. The van der Waals surface area contributed by atoms with Crippen LogP contribution in [0.4, 0.5) is 0 Å². The first-order valence-electron chi connectivity index (χ1n) is 6.35. The Labute approximate surface area is 120 Å². The number of hydrogen-bond donors (Lipinski definition) is 0. The van der Waals surface area contributed by atoms with E-state index in [2.05, 4.69) is 4.74 Å². The lowest BCUT2D eigenvalue weighted by Gasteiger charge is -2.34. The van der Waals surface area contributed by atoms with Gasteiger partial charge in [0, 0.05) is 12.6 Å². The summed E-state index contributed by atoms with van der Waals surface area (Å²) < 4.78 is 31.3. The standard InChI is InChI=1S/C14H21NO4S/c1-6-14(2,3)15(4)20(17,18)12-10-8-7-9-11(12)13(16)19-5/h7-10H,6H2,1-5H3. The van der Waals surface area contributed by atoms with Crippen LogP contribution in [0.15, 0.2) is 29.2 Å². The average molecular weight is 299 g/mol. The van der Waals surface area contributed by atoms with Gasteiger partial charge in [-0.15, -0.1) is 0 Å². The molecule has 0 spiro atoms. The van der Waals surface area contributed by atoms with Gasteiger partial charge in [0.15, 0.2) is 0 Å². The van der Waals surface area contributed by atoms with Crippen molar-refractivity contribution in [1.29, 1.82) is 0 Å². The van der Waals surface area contributed by atoms with Gasteiger partial charge in [-0.1, -0.05) is 19.1 Å². The highest BCUT2D eigenvalue weighted by Gasteiger charge is 2.34. The summed E-state index contributed by atoms with van der Waals surface area (Å²) in [4.78, 5) is 11.7. The van der Waals surface area contributed by atoms with Crippen molar-refractivity contribution < 1.29 is 17.9 Å². The van der Waals surface area contributed by atoms with Crippen LogP contribution in [0, 0.1) is 0 Å². The molecule has 0 fully saturated rings. The van der Waals surface area contributed by atoms with Gasteiger partial charge in [0.25, 0.3) is 0 Å². The van der Waals surface area contributed by atoms with E-state index in [4.69, 9.17) is 0 Å². The number of esters is 1. The quantitative estimate of drug-likeness (QED) is 0.783. The number of carbonyl (C=O) groups excluding carboxylic acids is 1. The summed E-state index contributed by atoms with van der Waals surface area (Å²) in [5.41, 5.74) is -0.490. The Bertz CT molecular complexity index is 593. The topological polar surface area (TPSA) is 63.7 Å². The third-order valence-corrected chi connectivity index (χ3v) is 5.78. The van der Waals surface area contributed by atoms with Crippen LogP contribution in [-0.4, -0.2) is 38.4 Å². The summed E-state index contributed by atoms with van der Waals surface area (Å²) in [5.74, 6) is -0.660. The summed E-state index contributed by atoms with van der Waals surface area (Å²) in [6, 6.07) is 6.07. The molecule has 0 aliphatic carbocycles. The summed E-state index contributed by atoms with van der Waals surface area (Å²) >= 11 is 0. The van der Waals surface area contributed by atoms with Crippen molar-refractivity contribution in [3.63, 3.8) is 0 Å². The summed E-state index contributed by atoms with van der Waals surface area (Å²) in [7, 11) is -1.01. The third-order valence-electron chi connectivity index (χ3n) is 3.65. The number of hydrogen-bond acceptors (Lipinski definition) is 4. The second-order valence-electron chi connectivity index (χ2n) is 5.13. The van der Waals surface area contributed by atoms with E-state index in [1.54, 1.807) is 12.1 Å². The molecular weight excluding hydrogens is 278 g/mol. The lowest BCUT2D eigenvalue weighted by Crippen LogP contribution is -2.44.